The molecule has 0 amide bonds. The number of aromatic nitrogens is 4. The Morgan fingerprint density at radius 3 is 0.970 bits per heavy atom. The smallest absolute Gasteiger partial charge is 0.145 e. The molecule has 6 heteroatoms. The molecule has 0 radical (unpaired) electrons. The maximum absolute atomic E-state index is 7.33. The summed E-state index contributed by atoms with van der Waals surface area (Å²) in [5.41, 5.74) is 24.5. The van der Waals surface area contributed by atoms with Gasteiger partial charge in [-0.05, 0) is 232 Å². The van der Waals surface area contributed by atoms with Crippen molar-refractivity contribution in [2.45, 2.75) is 280 Å². The minimum atomic E-state index is -0.234. The Balaban J connectivity index is 0.837. The lowest BCUT2D eigenvalue weighted by molar-refractivity contribution is 0.234. The van der Waals surface area contributed by atoms with E-state index in [0.29, 0.717) is 36.9 Å². The van der Waals surface area contributed by atoms with Crippen molar-refractivity contribution < 1.29 is 9.47 Å². The number of imidazole rings is 2. The van der Waals surface area contributed by atoms with E-state index >= 15 is 0 Å². The number of benzene rings is 15. The zero-order chi connectivity index (χ0) is 92.7. The second kappa shape index (κ2) is 44.0. The fourth-order valence-electron chi connectivity index (χ4n) is 23.0. The predicted molar refractivity (Wildman–Crippen MR) is 583 cm³/mol. The van der Waals surface area contributed by atoms with Crippen molar-refractivity contribution in [2.75, 3.05) is 13.2 Å². The molecule has 0 N–H and O–H groups in total. The molecule has 4 unspecified atom stereocenters. The third-order valence-corrected chi connectivity index (χ3v) is 31.2. The number of unbranched alkanes of at least 4 members (excludes halogenated alkanes) is 14. The largest absolute Gasteiger partial charge is 0.493 e. The van der Waals surface area contributed by atoms with Gasteiger partial charge >= 0.3 is 0 Å². The monoisotopic (exact) mass is 1780 g/mol. The van der Waals surface area contributed by atoms with Crippen molar-refractivity contribution in [3.8, 4) is 101 Å². The molecule has 135 heavy (non-hydrogen) atoms. The number of ether oxygens (including phenoxy) is 2. The van der Waals surface area contributed by atoms with Crippen LogP contribution in [-0.2, 0) is 18.5 Å². The molecule has 0 spiro atoms. The first-order chi connectivity index (χ1) is 66.5. The van der Waals surface area contributed by atoms with E-state index in [4.69, 9.17) is 19.4 Å². The zero-order valence-electron chi connectivity index (χ0n) is 82.9. The van der Waals surface area contributed by atoms with Crippen LogP contribution in [0.1, 0.15) is 273 Å². The van der Waals surface area contributed by atoms with Gasteiger partial charge in [0, 0.05) is 40.0 Å². The fourth-order valence-corrected chi connectivity index (χ4v) is 23.0. The second-order valence-corrected chi connectivity index (χ2v) is 40.1. The molecule has 1 aliphatic rings. The van der Waals surface area contributed by atoms with E-state index in [2.05, 4.69) is 345 Å². The van der Waals surface area contributed by atoms with Crippen molar-refractivity contribution in [3.63, 3.8) is 0 Å². The van der Waals surface area contributed by atoms with Crippen molar-refractivity contribution >= 4 is 86.7 Å². The first-order valence-electron chi connectivity index (χ1n) is 53.1. The maximum Gasteiger partial charge on any atom is 0.145 e. The van der Waals surface area contributed by atoms with Gasteiger partial charge in [0.2, 0.25) is 0 Å². The predicted octanol–water partition coefficient (Wildman–Crippen LogP) is 38.4. The average Bonchev–Trinajstić information content (AvgIpc) is 1.58. The van der Waals surface area contributed by atoms with Gasteiger partial charge in [-0.2, -0.15) is 0 Å². The van der Waals surface area contributed by atoms with E-state index in [0.717, 1.165) is 135 Å². The minimum Gasteiger partial charge on any atom is -0.493 e. The van der Waals surface area contributed by atoms with Crippen molar-refractivity contribution in [1.29, 1.82) is 0 Å². The lowest BCUT2D eigenvalue weighted by Gasteiger charge is -2.33. The molecule has 2 aromatic heterocycles. The summed E-state index contributed by atoms with van der Waals surface area (Å²) in [6.07, 6.45) is 35.6. The number of nitrogens with zero attached hydrogens (tertiary/aromatic N) is 4. The molecule has 0 fully saturated rings. The highest BCUT2D eigenvalue weighted by atomic mass is 16.5. The summed E-state index contributed by atoms with van der Waals surface area (Å²) in [6.45, 7) is 26.6. The van der Waals surface area contributed by atoms with Gasteiger partial charge in [-0.3, -0.25) is 0 Å². The number of hydrogen-bond acceptors (Lipinski definition) is 4. The lowest BCUT2D eigenvalue weighted by Crippen LogP contribution is -2.25. The molecule has 0 aliphatic heterocycles. The molecule has 694 valence electrons. The second-order valence-electron chi connectivity index (χ2n) is 40.1. The lowest BCUT2D eigenvalue weighted by atomic mass is 9.70. The Kier molecular flexibility index (Phi) is 30.6. The SMILES string of the molecule is CCCCCCCCC1(CCCCCCCC)c2cc(-c3ccc4c5ccc(-c6ccccc6)cc5c5c(nc(-c6c(OCC(CC)CCCC)ccc7ccccc67)n5CC(CC)CCCC)c4c3)ccc2-c2ccc(-c3ccc4c5ccc(-c6ccc(-c7ccccc7)cc6)cc5c5nc(-c6c(OCC(CC)CCCC)ccc7ccccc67)n(CC(CC)CCCC)c5c4c3)cc21. The molecule has 2 heterocycles. The average molecular weight is 1780 g/mol. The molecule has 0 saturated heterocycles. The van der Waals surface area contributed by atoms with E-state index in [1.165, 1.54) is 269 Å². The number of fused-ring (bicyclic) bond motifs is 17. The van der Waals surface area contributed by atoms with E-state index in [-0.39, 0.29) is 5.41 Å². The standard InChI is InChI=1S/C129H146N4O2/c1-11-21-27-29-31-43-77-129(78-44-32-30-28-22-12-2)117-83-103(101-63-70-108-109-71-62-100(94-51-37-34-38-52-94)81-115(109)125-124(114(108)80-101)131-128(132(125)85-89(17-7)45-23-13-3)122-106-56-42-40-54-98(106)68-76-120(122)135-88-92(20-10)48-26-16-6)65-73-111(117)112-74-66-104(84-118(112)129)102-64-72-110-107-69-61-99(96-59-57-95(58-60-96)93-49-35-33-36-50-93)79-113(107)123-126(116(110)82-102)133(86-90(18-8)46-24-14-4)127(130-123)121-105-55-41-39-53-97(105)67-75-119(121)134-87-91(19-9)47-25-15-5/h33-42,49-76,79-84,89-92H,11-32,43-48,77-78,85-88H2,1-10H3. The van der Waals surface area contributed by atoms with Crippen LogP contribution in [0.3, 0.4) is 0 Å². The van der Waals surface area contributed by atoms with Gasteiger partial charge in [-0.15, -0.1) is 0 Å². The van der Waals surface area contributed by atoms with Crippen LogP contribution in [0.25, 0.3) is 176 Å². The molecule has 18 rings (SSSR count). The first kappa shape index (κ1) is 93.8. The molecule has 0 bridgehead atoms. The molecule has 17 aromatic rings. The van der Waals surface area contributed by atoms with Crippen LogP contribution >= 0.6 is 0 Å². The van der Waals surface area contributed by atoms with Gasteiger partial charge in [0.15, 0.2) is 0 Å². The van der Waals surface area contributed by atoms with Crippen LogP contribution < -0.4 is 9.47 Å². The Morgan fingerprint density at radius 2 is 0.570 bits per heavy atom. The van der Waals surface area contributed by atoms with Gasteiger partial charge < -0.3 is 18.6 Å². The van der Waals surface area contributed by atoms with E-state index in [1.54, 1.807) is 0 Å². The highest BCUT2D eigenvalue weighted by Gasteiger charge is 2.43. The highest BCUT2D eigenvalue weighted by Crippen LogP contribution is 2.57. The van der Waals surface area contributed by atoms with Crippen LogP contribution in [0.15, 0.2) is 267 Å². The Bertz CT molecular complexity index is 6910. The summed E-state index contributed by atoms with van der Waals surface area (Å²) in [6, 6.07) is 103. The minimum absolute atomic E-state index is 0.234. The molecule has 6 nitrogen and oxygen atoms in total. The Labute approximate surface area is 806 Å². The molecule has 15 aromatic carbocycles. The first-order valence-corrected chi connectivity index (χ1v) is 53.1. The van der Waals surface area contributed by atoms with Gasteiger partial charge in [0.05, 0.1) is 46.4 Å². The molecule has 4 atom stereocenters. The summed E-state index contributed by atoms with van der Waals surface area (Å²) >= 11 is 0. The van der Waals surface area contributed by atoms with E-state index < -0.39 is 0 Å². The van der Waals surface area contributed by atoms with Gasteiger partial charge in [-0.25, -0.2) is 9.97 Å². The summed E-state index contributed by atoms with van der Waals surface area (Å²) in [5, 5.41) is 14.6. The Morgan fingerprint density at radius 1 is 0.259 bits per heavy atom. The molecular formula is C129H146N4O2. The Hall–Kier alpha value is -11.6. The van der Waals surface area contributed by atoms with Crippen LogP contribution in [0.2, 0.25) is 0 Å². The third-order valence-electron chi connectivity index (χ3n) is 31.2. The fraction of sp³-hybridized carbons (Fsp3) is 0.380. The van der Waals surface area contributed by atoms with Crippen molar-refractivity contribution in [1.82, 2.24) is 19.1 Å². The maximum atomic E-state index is 7.33. The van der Waals surface area contributed by atoms with Crippen LogP contribution in [0.4, 0.5) is 0 Å². The normalized spacial score (nSPS) is 13.5. The van der Waals surface area contributed by atoms with E-state index in [9.17, 15) is 0 Å². The zero-order valence-corrected chi connectivity index (χ0v) is 82.9. The topological polar surface area (TPSA) is 54.1 Å². The highest BCUT2D eigenvalue weighted by molar-refractivity contribution is 6.27. The van der Waals surface area contributed by atoms with Crippen molar-refractivity contribution in [2.24, 2.45) is 23.7 Å². The molecule has 1 aliphatic carbocycles. The third kappa shape index (κ3) is 19.7. The van der Waals surface area contributed by atoms with Crippen LogP contribution in [-0.4, -0.2) is 32.3 Å². The van der Waals surface area contributed by atoms with Crippen molar-refractivity contribution in [3.05, 3.63) is 278 Å². The quantitative estimate of drug-likeness (QED) is 0.0282. The summed E-state index contributed by atoms with van der Waals surface area (Å²) in [7, 11) is 0. The number of rotatable bonds is 47. The summed E-state index contributed by atoms with van der Waals surface area (Å²) in [5.74, 6) is 5.62. The summed E-state index contributed by atoms with van der Waals surface area (Å²) < 4.78 is 20.0. The van der Waals surface area contributed by atoms with Crippen LogP contribution in [0, 0.1) is 23.7 Å². The summed E-state index contributed by atoms with van der Waals surface area (Å²) in [4.78, 5) is 12.5. The van der Waals surface area contributed by atoms with Gasteiger partial charge in [0.25, 0.3) is 0 Å². The molecular weight excluding hydrogens is 1640 g/mol. The van der Waals surface area contributed by atoms with E-state index in [1.807, 2.05) is 0 Å². The van der Waals surface area contributed by atoms with Gasteiger partial charge in [-0.1, -0.05) is 442 Å². The number of hydrogen-bond donors (Lipinski definition) is 0. The van der Waals surface area contributed by atoms with Crippen LogP contribution in [0.5, 0.6) is 11.5 Å². The van der Waals surface area contributed by atoms with Gasteiger partial charge in [0.1, 0.15) is 23.1 Å². The molecule has 0 saturated carbocycles.